The standard InChI is InChI=1S/C21H32N4O2.ClH/c1-17-15-22-11-14-25(17)16-21(27)24-12-9-19(10-13-24)23-20(26)8-7-18-5-3-2-4-6-18;/h2-6,17,19,22H,7-16H2,1H3,(H,23,26);1H/t17-;/m0./s1. The summed E-state index contributed by atoms with van der Waals surface area (Å²) in [5.41, 5.74) is 1.19. The molecule has 156 valence electrons. The van der Waals surface area contributed by atoms with E-state index in [0.29, 0.717) is 19.0 Å². The van der Waals surface area contributed by atoms with Crippen molar-refractivity contribution in [3.05, 3.63) is 35.9 Å². The quantitative estimate of drug-likeness (QED) is 0.747. The lowest BCUT2D eigenvalue weighted by molar-refractivity contribution is -0.134. The molecule has 6 nitrogen and oxygen atoms in total. The SMILES string of the molecule is C[C@H]1CNCCN1CC(=O)N1CCC(NC(=O)CCc2ccccc2)CC1.Cl. The van der Waals surface area contributed by atoms with E-state index in [1.807, 2.05) is 23.1 Å². The van der Waals surface area contributed by atoms with Gasteiger partial charge in [0.15, 0.2) is 0 Å². The minimum atomic E-state index is 0. The zero-order chi connectivity index (χ0) is 19.1. The van der Waals surface area contributed by atoms with Crippen LogP contribution in [-0.2, 0) is 16.0 Å². The Morgan fingerprint density at radius 2 is 1.86 bits per heavy atom. The molecule has 0 saturated carbocycles. The summed E-state index contributed by atoms with van der Waals surface area (Å²) in [4.78, 5) is 29.0. The molecule has 0 aromatic heterocycles. The summed E-state index contributed by atoms with van der Waals surface area (Å²) < 4.78 is 0. The normalized spacial score (nSPS) is 21.0. The van der Waals surface area contributed by atoms with E-state index in [-0.39, 0.29) is 30.3 Å². The summed E-state index contributed by atoms with van der Waals surface area (Å²) in [6.45, 7) is 6.99. The lowest BCUT2D eigenvalue weighted by atomic mass is 10.0. The van der Waals surface area contributed by atoms with E-state index in [1.54, 1.807) is 0 Å². The van der Waals surface area contributed by atoms with Crippen LogP contribution in [0.2, 0.25) is 0 Å². The zero-order valence-electron chi connectivity index (χ0n) is 16.7. The average Bonchev–Trinajstić information content (AvgIpc) is 2.69. The Bertz CT molecular complexity index is 620. The third-order valence-corrected chi connectivity index (χ3v) is 5.67. The molecule has 1 aromatic carbocycles. The number of benzene rings is 1. The summed E-state index contributed by atoms with van der Waals surface area (Å²) in [7, 11) is 0. The molecule has 7 heteroatoms. The van der Waals surface area contributed by atoms with Crippen molar-refractivity contribution in [2.75, 3.05) is 39.3 Å². The van der Waals surface area contributed by atoms with Gasteiger partial charge in [-0.1, -0.05) is 30.3 Å². The van der Waals surface area contributed by atoms with E-state index >= 15 is 0 Å². The third-order valence-electron chi connectivity index (χ3n) is 5.67. The third kappa shape index (κ3) is 6.76. The lowest BCUT2D eigenvalue weighted by Gasteiger charge is -2.37. The largest absolute Gasteiger partial charge is 0.353 e. The van der Waals surface area contributed by atoms with E-state index in [0.717, 1.165) is 52.0 Å². The van der Waals surface area contributed by atoms with Gasteiger partial charge in [0.1, 0.15) is 0 Å². The Hall–Kier alpha value is -1.63. The Morgan fingerprint density at radius 3 is 2.54 bits per heavy atom. The first-order valence-electron chi connectivity index (χ1n) is 10.2. The number of likely N-dealkylation sites (tertiary alicyclic amines) is 1. The number of hydrogen-bond donors (Lipinski definition) is 2. The summed E-state index contributed by atoms with van der Waals surface area (Å²) >= 11 is 0. The number of nitrogens with one attached hydrogen (secondary N) is 2. The van der Waals surface area contributed by atoms with Crippen molar-refractivity contribution >= 4 is 24.2 Å². The van der Waals surface area contributed by atoms with Crippen molar-refractivity contribution in [2.45, 2.75) is 44.7 Å². The first-order valence-corrected chi connectivity index (χ1v) is 10.2. The molecule has 0 unspecified atom stereocenters. The maximum absolute atomic E-state index is 12.6. The second-order valence-corrected chi connectivity index (χ2v) is 7.73. The van der Waals surface area contributed by atoms with Crippen LogP contribution < -0.4 is 10.6 Å². The molecule has 2 heterocycles. The molecule has 0 spiro atoms. The minimum absolute atomic E-state index is 0. The molecule has 2 amide bonds. The highest BCUT2D eigenvalue weighted by Crippen LogP contribution is 2.13. The predicted molar refractivity (Wildman–Crippen MR) is 114 cm³/mol. The summed E-state index contributed by atoms with van der Waals surface area (Å²) in [6.07, 6.45) is 2.98. The Kier molecular flexibility index (Phi) is 9.22. The van der Waals surface area contributed by atoms with Crippen LogP contribution >= 0.6 is 12.4 Å². The number of aryl methyl sites for hydroxylation is 1. The zero-order valence-corrected chi connectivity index (χ0v) is 17.5. The highest BCUT2D eigenvalue weighted by molar-refractivity contribution is 5.85. The van der Waals surface area contributed by atoms with Gasteiger partial charge in [0.25, 0.3) is 0 Å². The molecule has 2 saturated heterocycles. The van der Waals surface area contributed by atoms with Gasteiger partial charge in [0.2, 0.25) is 11.8 Å². The fraction of sp³-hybridized carbons (Fsp3) is 0.619. The van der Waals surface area contributed by atoms with Crippen LogP contribution in [0, 0.1) is 0 Å². The molecule has 3 rings (SSSR count). The molecule has 2 aliphatic heterocycles. The van der Waals surface area contributed by atoms with Crippen LogP contribution in [0.25, 0.3) is 0 Å². The number of amides is 2. The van der Waals surface area contributed by atoms with Gasteiger partial charge < -0.3 is 15.5 Å². The van der Waals surface area contributed by atoms with Crippen molar-refractivity contribution in [3.63, 3.8) is 0 Å². The first-order chi connectivity index (χ1) is 13.1. The van der Waals surface area contributed by atoms with Gasteiger partial charge in [-0.2, -0.15) is 0 Å². The van der Waals surface area contributed by atoms with Gasteiger partial charge in [0, 0.05) is 51.2 Å². The van der Waals surface area contributed by atoms with Gasteiger partial charge in [-0.15, -0.1) is 12.4 Å². The van der Waals surface area contributed by atoms with Crippen molar-refractivity contribution < 1.29 is 9.59 Å². The number of piperidine rings is 1. The average molecular weight is 409 g/mol. The molecule has 0 bridgehead atoms. The van der Waals surface area contributed by atoms with Crippen molar-refractivity contribution in [1.29, 1.82) is 0 Å². The molecular formula is C21H33ClN4O2. The van der Waals surface area contributed by atoms with Crippen molar-refractivity contribution in [3.8, 4) is 0 Å². The Balaban J connectivity index is 0.00000280. The van der Waals surface area contributed by atoms with Crippen LogP contribution in [0.4, 0.5) is 0 Å². The molecule has 0 radical (unpaired) electrons. The summed E-state index contributed by atoms with van der Waals surface area (Å²) in [6, 6.07) is 10.7. The van der Waals surface area contributed by atoms with Gasteiger partial charge in [-0.05, 0) is 31.7 Å². The number of carbonyl (C=O) groups excluding carboxylic acids is 2. The maximum Gasteiger partial charge on any atom is 0.236 e. The smallest absolute Gasteiger partial charge is 0.236 e. The number of piperazine rings is 1. The lowest BCUT2D eigenvalue weighted by Crippen LogP contribution is -2.54. The van der Waals surface area contributed by atoms with Gasteiger partial charge in [0.05, 0.1) is 6.54 Å². The summed E-state index contributed by atoms with van der Waals surface area (Å²) in [5, 5.41) is 6.50. The fourth-order valence-electron chi connectivity index (χ4n) is 3.87. The highest BCUT2D eigenvalue weighted by Gasteiger charge is 2.27. The second-order valence-electron chi connectivity index (χ2n) is 7.73. The van der Waals surface area contributed by atoms with E-state index in [9.17, 15) is 9.59 Å². The van der Waals surface area contributed by atoms with Crippen LogP contribution in [0.15, 0.2) is 30.3 Å². The number of hydrogen-bond acceptors (Lipinski definition) is 4. The first kappa shape index (κ1) is 22.7. The second kappa shape index (κ2) is 11.4. The van der Waals surface area contributed by atoms with E-state index < -0.39 is 0 Å². The molecular weight excluding hydrogens is 376 g/mol. The van der Waals surface area contributed by atoms with E-state index in [2.05, 4.69) is 34.6 Å². The van der Waals surface area contributed by atoms with Crippen molar-refractivity contribution in [2.24, 2.45) is 0 Å². The Morgan fingerprint density at radius 1 is 1.14 bits per heavy atom. The molecule has 1 aromatic rings. The molecule has 2 aliphatic rings. The highest BCUT2D eigenvalue weighted by atomic mass is 35.5. The molecule has 28 heavy (non-hydrogen) atoms. The number of nitrogens with zero attached hydrogens (tertiary/aromatic N) is 2. The fourth-order valence-corrected chi connectivity index (χ4v) is 3.87. The van der Waals surface area contributed by atoms with Crippen LogP contribution in [0.5, 0.6) is 0 Å². The van der Waals surface area contributed by atoms with Gasteiger partial charge >= 0.3 is 0 Å². The maximum atomic E-state index is 12.6. The van der Waals surface area contributed by atoms with Crippen LogP contribution in [0.1, 0.15) is 31.7 Å². The van der Waals surface area contributed by atoms with Crippen LogP contribution in [-0.4, -0.2) is 73.0 Å². The number of halogens is 1. The van der Waals surface area contributed by atoms with E-state index in [4.69, 9.17) is 0 Å². The molecule has 1 atom stereocenters. The Labute approximate surface area is 174 Å². The molecule has 2 fully saturated rings. The topological polar surface area (TPSA) is 64.7 Å². The number of carbonyl (C=O) groups is 2. The van der Waals surface area contributed by atoms with Gasteiger partial charge in [-0.3, -0.25) is 14.5 Å². The molecule has 0 aliphatic carbocycles. The molecule has 2 N–H and O–H groups in total. The van der Waals surface area contributed by atoms with Gasteiger partial charge in [-0.25, -0.2) is 0 Å². The minimum Gasteiger partial charge on any atom is -0.353 e. The van der Waals surface area contributed by atoms with E-state index in [1.165, 1.54) is 5.56 Å². The monoisotopic (exact) mass is 408 g/mol. The predicted octanol–water partition coefficient (Wildman–Crippen LogP) is 1.44. The number of rotatable bonds is 6. The summed E-state index contributed by atoms with van der Waals surface area (Å²) in [5.74, 6) is 0.330. The van der Waals surface area contributed by atoms with Crippen molar-refractivity contribution in [1.82, 2.24) is 20.4 Å². The van der Waals surface area contributed by atoms with Crippen LogP contribution in [0.3, 0.4) is 0 Å².